The molecule has 24 nitrogen and oxygen atoms in total. The number of benzene rings is 3. The van der Waals surface area contributed by atoms with E-state index in [0.717, 1.165) is 27.9 Å². The van der Waals surface area contributed by atoms with Gasteiger partial charge in [-0.2, -0.15) is 43.0 Å². The van der Waals surface area contributed by atoms with E-state index in [1.54, 1.807) is 36.1 Å². The Hall–Kier alpha value is -7.63. The second kappa shape index (κ2) is 22.4. The van der Waals surface area contributed by atoms with E-state index in [1.807, 2.05) is 84.5 Å². The number of aryl methyl sites for hydroxylation is 3. The first-order chi connectivity index (χ1) is 42.5. The van der Waals surface area contributed by atoms with Gasteiger partial charge in [-0.15, -0.1) is 0 Å². The number of anilines is 3. The highest BCUT2D eigenvalue weighted by Crippen LogP contribution is 2.49. The Labute approximate surface area is 516 Å². The van der Waals surface area contributed by atoms with Crippen LogP contribution >= 0.6 is 0 Å². The molecule has 6 aromatic heterocycles. The van der Waals surface area contributed by atoms with Gasteiger partial charge < -0.3 is 28.9 Å². The lowest BCUT2D eigenvalue weighted by Crippen LogP contribution is -2.44. The van der Waals surface area contributed by atoms with Crippen molar-refractivity contribution in [2.45, 2.75) is 94.8 Å². The zero-order valence-electron chi connectivity index (χ0n) is 51.3. The molecule has 28 heteroatoms. The van der Waals surface area contributed by atoms with Crippen LogP contribution in [-0.4, -0.2) is 184 Å². The number of fused-ring (bicyclic) bond motifs is 3. The summed E-state index contributed by atoms with van der Waals surface area (Å²) in [7, 11) is -8.47. The van der Waals surface area contributed by atoms with Gasteiger partial charge in [0.1, 0.15) is 46.3 Å². The molecule has 2 aliphatic carbocycles. The number of nitrogens with zero attached hydrogens (tertiary/aromatic N) is 18. The average Bonchev–Trinajstić information content (AvgIpc) is 1.66. The average molecular weight is 1270 g/mol. The van der Waals surface area contributed by atoms with Gasteiger partial charge in [-0.3, -0.25) is 13.7 Å². The fraction of sp³-hybridized carbons (Fsp3) is 0.459. The molecule has 0 amide bonds. The lowest BCUT2D eigenvalue weighted by molar-refractivity contribution is 0.0985. The zero-order valence-corrected chi connectivity index (χ0v) is 53.8. The molecule has 6 unspecified atom stereocenters. The SMILES string of the molecule is Cc1nc2ccccc2n1-c1nc(N=S(C)(=O)C2CC2c2ccc3c(c2)nc(C)n3-c2nc(N=S(C)(=O)C3CC3c3cc(F)c4c(c3)nc(C)n4-c3nc(N=S(C)(C)=O)cc(N4CCOC[C@H]4C)n3)cc(N3CCOC[C@H]3C)n2)cc(N2CCOC[C@H]2C)n1. The molecule has 5 fully saturated rings. The minimum absolute atomic E-state index is 0.00678. The van der Waals surface area contributed by atoms with Crippen molar-refractivity contribution in [1.82, 2.24) is 58.6 Å². The van der Waals surface area contributed by atoms with E-state index in [1.165, 1.54) is 18.6 Å². The molecule has 14 rings (SSSR count). The first-order valence-corrected chi connectivity index (χ1v) is 36.3. The Morgan fingerprint density at radius 2 is 0.910 bits per heavy atom. The van der Waals surface area contributed by atoms with Gasteiger partial charge in [0, 0.05) is 84.4 Å². The molecule has 3 saturated heterocycles. The van der Waals surface area contributed by atoms with Gasteiger partial charge in [-0.05, 0) is 102 Å². The fourth-order valence-corrected chi connectivity index (χ4v) is 17.3. The van der Waals surface area contributed by atoms with Crippen LogP contribution < -0.4 is 14.7 Å². The van der Waals surface area contributed by atoms with Crippen LogP contribution in [0.15, 0.2) is 85.9 Å². The summed E-state index contributed by atoms with van der Waals surface area (Å²) in [6.45, 7) is 16.7. The number of hydrogen-bond acceptors (Lipinski definition) is 21. The first kappa shape index (κ1) is 59.0. The van der Waals surface area contributed by atoms with Gasteiger partial charge in [0.25, 0.3) is 0 Å². The third kappa shape index (κ3) is 11.4. The Balaban J connectivity index is 0.757. The molecule has 466 valence electrons. The number of ether oxygens (including phenoxy) is 3. The normalized spacial score (nSPS) is 23.6. The van der Waals surface area contributed by atoms with Crippen LogP contribution in [0.2, 0.25) is 0 Å². The summed E-state index contributed by atoms with van der Waals surface area (Å²) in [6, 6.07) is 22.6. The van der Waals surface area contributed by atoms with Crippen LogP contribution in [-0.2, 0) is 43.4 Å². The molecule has 9 aromatic rings. The molecule has 3 aliphatic heterocycles. The van der Waals surface area contributed by atoms with Crippen LogP contribution in [0, 0.1) is 26.6 Å². The third-order valence-electron chi connectivity index (χ3n) is 17.4. The van der Waals surface area contributed by atoms with Crippen molar-refractivity contribution in [3.63, 3.8) is 0 Å². The van der Waals surface area contributed by atoms with Crippen LogP contribution in [0.25, 0.3) is 50.9 Å². The number of imidazole rings is 3. The van der Waals surface area contributed by atoms with Crippen molar-refractivity contribution in [2.24, 2.45) is 13.1 Å². The lowest BCUT2D eigenvalue weighted by Gasteiger charge is -2.34. The number of rotatable bonds is 13. The highest BCUT2D eigenvalue weighted by Gasteiger charge is 2.47. The Morgan fingerprint density at radius 1 is 0.483 bits per heavy atom. The summed E-state index contributed by atoms with van der Waals surface area (Å²) in [4.78, 5) is 50.8. The summed E-state index contributed by atoms with van der Waals surface area (Å²) >= 11 is 0. The van der Waals surface area contributed by atoms with Crippen molar-refractivity contribution in [3.05, 3.63) is 107 Å². The van der Waals surface area contributed by atoms with Gasteiger partial charge in [0.15, 0.2) is 17.5 Å². The van der Waals surface area contributed by atoms with Crippen LogP contribution in [0.1, 0.15) is 74.0 Å². The maximum Gasteiger partial charge on any atom is 0.239 e. The number of halogens is 1. The third-order valence-corrected chi connectivity index (χ3v) is 22.4. The standard InChI is InChI=1S/C61H71FN18O6S3/c1-34-31-84-20-17-75(34)55-28-52(72-87(7,8)81)66-61(71-55)80-39(6)65-47-25-41(23-44(62)58(47)80)43-27-51(43)89(10,83)74-54-30-57(77-19-22-86-33-36(77)3)70-60(68-54)79-38(5)64-46-24-40(15-16-49(46)79)42-26-50(42)88(9,82)73-53-29-56(76-18-21-85-32-35(76)2)69-59(67-53)78-37(4)63-45-13-11-12-14-48(45)78/h11-16,23-25,28-30,34-36,42-43,50-51H,17-22,26-27,31-33H2,1-10H3/t34-,35-,36-,42?,43?,50?,51?,88?,89?/m1/s1. The van der Waals surface area contributed by atoms with Crippen LogP contribution in [0.5, 0.6) is 0 Å². The van der Waals surface area contributed by atoms with Crippen molar-refractivity contribution in [1.29, 1.82) is 0 Å². The molecule has 9 atom stereocenters. The monoisotopic (exact) mass is 1270 g/mol. The minimum Gasteiger partial charge on any atom is -0.377 e. The van der Waals surface area contributed by atoms with Gasteiger partial charge >= 0.3 is 0 Å². The second-order valence-corrected chi connectivity index (χ2v) is 32.1. The molecule has 0 spiro atoms. The largest absolute Gasteiger partial charge is 0.377 e. The molecule has 89 heavy (non-hydrogen) atoms. The van der Waals surface area contributed by atoms with Gasteiger partial charge in [-0.25, -0.2) is 32.0 Å². The smallest absolute Gasteiger partial charge is 0.239 e. The lowest BCUT2D eigenvalue weighted by atomic mass is 10.1. The van der Waals surface area contributed by atoms with Crippen LogP contribution in [0.4, 0.5) is 39.3 Å². The molecule has 3 aromatic carbocycles. The number of hydrogen-bond donors (Lipinski definition) is 0. The minimum atomic E-state index is -3.01. The number of morpholine rings is 3. The maximum atomic E-state index is 16.8. The molecule has 0 N–H and O–H groups in total. The second-order valence-electron chi connectivity index (χ2n) is 24.5. The molecule has 5 aliphatic rings. The van der Waals surface area contributed by atoms with Crippen molar-refractivity contribution in [3.8, 4) is 17.8 Å². The highest BCUT2D eigenvalue weighted by molar-refractivity contribution is 7.94. The molecular formula is C61H71FN18O6S3. The van der Waals surface area contributed by atoms with E-state index in [4.69, 9.17) is 62.8 Å². The quantitative estimate of drug-likeness (QED) is 0.104. The summed E-state index contributed by atoms with van der Waals surface area (Å²) in [5.74, 6) is 4.47. The van der Waals surface area contributed by atoms with Gasteiger partial charge in [0.05, 0.1) is 115 Å². The van der Waals surface area contributed by atoms with Crippen molar-refractivity contribution < 1.29 is 31.2 Å². The summed E-state index contributed by atoms with van der Waals surface area (Å²) in [6.07, 6.45) is 7.61. The Bertz CT molecular complexity index is 4750. The number of aromatic nitrogens is 12. The molecule has 2 saturated carbocycles. The van der Waals surface area contributed by atoms with E-state index in [9.17, 15) is 8.42 Å². The van der Waals surface area contributed by atoms with Gasteiger partial charge in [-0.1, -0.05) is 18.2 Å². The predicted molar refractivity (Wildman–Crippen MR) is 344 cm³/mol. The molecule has 0 radical (unpaired) electrons. The summed E-state index contributed by atoms with van der Waals surface area (Å²) in [5.41, 5.74) is 5.37. The number of para-hydroxylation sites is 2. The van der Waals surface area contributed by atoms with E-state index >= 15 is 8.60 Å². The molecule has 9 heterocycles. The molecular weight excluding hydrogens is 1200 g/mol. The zero-order chi connectivity index (χ0) is 62.0. The van der Waals surface area contributed by atoms with Crippen molar-refractivity contribution >= 4 is 97.2 Å². The maximum absolute atomic E-state index is 16.8. The van der Waals surface area contributed by atoms with E-state index in [2.05, 4.69) is 37.9 Å². The first-order valence-electron chi connectivity index (χ1n) is 30.0. The van der Waals surface area contributed by atoms with Gasteiger partial charge in [0.2, 0.25) is 17.8 Å². The summed E-state index contributed by atoms with van der Waals surface area (Å²) in [5, 5.41) is -0.662. The molecule has 0 bridgehead atoms. The van der Waals surface area contributed by atoms with E-state index < -0.39 is 40.3 Å². The Morgan fingerprint density at radius 3 is 1.42 bits per heavy atom. The van der Waals surface area contributed by atoms with E-state index in [-0.39, 0.29) is 58.3 Å². The van der Waals surface area contributed by atoms with Crippen molar-refractivity contribution in [2.75, 3.05) is 99.0 Å². The van der Waals surface area contributed by atoms with E-state index in [0.29, 0.717) is 136 Å². The fourth-order valence-electron chi connectivity index (χ4n) is 12.9. The van der Waals surface area contributed by atoms with Crippen LogP contribution in [0.3, 0.4) is 0 Å². The predicted octanol–water partition coefficient (Wildman–Crippen LogP) is 8.74. The Kier molecular flexibility index (Phi) is 14.8. The summed E-state index contributed by atoms with van der Waals surface area (Å²) < 4.78 is 96.7. The topological polar surface area (TPSA) is 257 Å². The highest BCUT2D eigenvalue weighted by atomic mass is 32.2.